The van der Waals surface area contributed by atoms with Gasteiger partial charge in [0.15, 0.2) is 34.9 Å². The monoisotopic (exact) mass is 802 g/mol. The van der Waals surface area contributed by atoms with E-state index in [0.29, 0.717) is 22.8 Å². The number of aromatic nitrogens is 4. The van der Waals surface area contributed by atoms with Gasteiger partial charge < -0.3 is 14.5 Å². The summed E-state index contributed by atoms with van der Waals surface area (Å²) >= 11 is 2.60. The number of nitrogens with zero attached hydrogens (tertiary/aromatic N) is 8. The maximum atomic E-state index is 13.5. The third-order valence-electron chi connectivity index (χ3n) is 9.91. The zero-order chi connectivity index (χ0) is 38.9. The Morgan fingerprint density at radius 3 is 1.41 bits per heavy atom. The number of halogens is 4. The highest BCUT2D eigenvalue weighted by atomic mass is 32.1. The summed E-state index contributed by atoms with van der Waals surface area (Å²) in [6.07, 6.45) is 2.06. The smallest absolute Gasteiger partial charge is 0.205 e. The van der Waals surface area contributed by atoms with Crippen molar-refractivity contribution in [1.82, 2.24) is 28.5 Å². The van der Waals surface area contributed by atoms with Crippen molar-refractivity contribution in [1.29, 1.82) is 0 Å². The standard InChI is InChI=1S/C21H22F2N4OS.C20H20F2N4S/c1-28-17-5-2-15(3-6-17)8-9-26-10-12-27(13-11-26)21-24-20(25-29-21)16-4-7-18(22)19(23)14-16;21-17-7-6-16(14-18(17)22)19-23-20(27-24-19)26-12-10-25(11-13-26)9-8-15-4-2-1-3-5-15/h2-7,14H,8-13H2,1H3;1-7,14H,8-13H2. The molecule has 2 saturated heterocycles. The van der Waals surface area contributed by atoms with Crippen LogP contribution in [-0.2, 0) is 12.8 Å². The lowest BCUT2D eigenvalue weighted by atomic mass is 10.1. The molecular weight excluding hydrogens is 761 g/mol. The summed E-state index contributed by atoms with van der Waals surface area (Å²) in [6, 6.07) is 26.2. The van der Waals surface area contributed by atoms with E-state index >= 15 is 0 Å². The maximum absolute atomic E-state index is 13.5. The van der Waals surface area contributed by atoms with Crippen molar-refractivity contribution in [3.05, 3.63) is 125 Å². The van der Waals surface area contributed by atoms with Crippen LogP contribution in [-0.4, -0.2) is 101 Å². The summed E-state index contributed by atoms with van der Waals surface area (Å²) < 4.78 is 66.9. The van der Waals surface area contributed by atoms with Gasteiger partial charge in [-0.3, -0.25) is 9.80 Å². The van der Waals surface area contributed by atoms with Crippen molar-refractivity contribution < 1.29 is 22.3 Å². The van der Waals surface area contributed by atoms with Crippen LogP contribution in [0.5, 0.6) is 5.75 Å². The summed E-state index contributed by atoms with van der Waals surface area (Å²) in [5, 5.41) is 1.65. The van der Waals surface area contributed by atoms with Gasteiger partial charge in [-0.1, -0.05) is 42.5 Å². The molecule has 15 heteroatoms. The van der Waals surface area contributed by atoms with Crippen LogP contribution in [0.15, 0.2) is 91.0 Å². The van der Waals surface area contributed by atoms with E-state index in [1.54, 1.807) is 7.11 Å². The zero-order valence-corrected chi connectivity index (χ0v) is 32.6. The molecule has 0 unspecified atom stereocenters. The van der Waals surface area contributed by atoms with Gasteiger partial charge in [-0.25, -0.2) is 17.6 Å². The Labute approximate surface area is 332 Å². The molecule has 8 rings (SSSR count). The van der Waals surface area contributed by atoms with E-state index in [0.717, 1.165) is 119 Å². The number of rotatable bonds is 11. The van der Waals surface area contributed by atoms with Crippen LogP contribution in [0.1, 0.15) is 11.1 Å². The van der Waals surface area contributed by atoms with E-state index in [-0.39, 0.29) is 0 Å². The molecule has 0 amide bonds. The number of anilines is 2. The summed E-state index contributed by atoms with van der Waals surface area (Å²) in [5.74, 6) is -1.73. The number of hydrogen-bond donors (Lipinski definition) is 0. The highest BCUT2D eigenvalue weighted by Gasteiger charge is 2.22. The van der Waals surface area contributed by atoms with Crippen LogP contribution in [0.4, 0.5) is 27.8 Å². The highest BCUT2D eigenvalue weighted by Crippen LogP contribution is 2.27. The zero-order valence-electron chi connectivity index (χ0n) is 31.0. The Morgan fingerprint density at radius 2 is 0.982 bits per heavy atom. The minimum absolute atomic E-state index is 0.436. The van der Waals surface area contributed by atoms with Crippen molar-refractivity contribution in [2.45, 2.75) is 12.8 Å². The third kappa shape index (κ3) is 10.3. The molecule has 2 aliphatic heterocycles. The first-order chi connectivity index (χ1) is 27.3. The molecule has 6 aromatic rings. The van der Waals surface area contributed by atoms with E-state index in [2.05, 4.69) is 74.7 Å². The van der Waals surface area contributed by atoms with Crippen LogP contribution >= 0.6 is 23.1 Å². The third-order valence-corrected chi connectivity index (χ3v) is 11.5. The Balaban J connectivity index is 0.000000172. The quantitative estimate of drug-likeness (QED) is 0.123. The lowest BCUT2D eigenvalue weighted by Crippen LogP contribution is -2.47. The fraction of sp³-hybridized carbons (Fsp3) is 0.317. The molecule has 0 N–H and O–H groups in total. The number of methoxy groups -OCH3 is 1. The maximum Gasteiger partial charge on any atom is 0.205 e. The van der Waals surface area contributed by atoms with E-state index in [1.165, 1.54) is 46.3 Å². The summed E-state index contributed by atoms with van der Waals surface area (Å²) in [7, 11) is 1.67. The van der Waals surface area contributed by atoms with Crippen molar-refractivity contribution >= 4 is 33.3 Å². The van der Waals surface area contributed by atoms with Crippen LogP contribution in [0.3, 0.4) is 0 Å². The molecule has 0 radical (unpaired) electrons. The molecule has 4 aromatic carbocycles. The first-order valence-electron chi connectivity index (χ1n) is 18.5. The Kier molecular flexibility index (Phi) is 13.2. The molecule has 0 saturated carbocycles. The van der Waals surface area contributed by atoms with E-state index < -0.39 is 23.3 Å². The van der Waals surface area contributed by atoms with Gasteiger partial charge in [0, 0.05) is 99.6 Å². The second kappa shape index (κ2) is 18.8. The van der Waals surface area contributed by atoms with Gasteiger partial charge in [-0.05, 0) is 72.5 Å². The molecule has 0 atom stereocenters. The van der Waals surface area contributed by atoms with Crippen LogP contribution in [0.2, 0.25) is 0 Å². The van der Waals surface area contributed by atoms with Crippen molar-refractivity contribution in [3.63, 3.8) is 0 Å². The van der Waals surface area contributed by atoms with E-state index in [4.69, 9.17) is 4.74 Å². The van der Waals surface area contributed by atoms with E-state index in [9.17, 15) is 17.6 Å². The SMILES string of the molecule is COc1ccc(CCN2CCN(c3nc(-c4ccc(F)c(F)c4)ns3)CC2)cc1.Fc1ccc(-c2nsc(N3CCN(CCc4ccccc4)CC3)n2)cc1F. The highest BCUT2D eigenvalue weighted by molar-refractivity contribution is 7.10. The number of ether oxygens (including phenoxy) is 1. The Morgan fingerprint density at radius 1 is 0.536 bits per heavy atom. The predicted octanol–water partition coefficient (Wildman–Crippen LogP) is 7.70. The normalized spacial score (nSPS) is 15.1. The average Bonchev–Trinajstić information content (AvgIpc) is 3.94. The lowest BCUT2D eigenvalue weighted by Gasteiger charge is -2.34. The predicted molar refractivity (Wildman–Crippen MR) is 215 cm³/mol. The van der Waals surface area contributed by atoms with Gasteiger partial charge >= 0.3 is 0 Å². The number of piperazine rings is 2. The molecule has 0 aliphatic carbocycles. The minimum Gasteiger partial charge on any atom is -0.497 e. The molecule has 2 aromatic heterocycles. The van der Waals surface area contributed by atoms with Gasteiger partial charge in [0.2, 0.25) is 10.3 Å². The molecule has 9 nitrogen and oxygen atoms in total. The fourth-order valence-corrected chi connectivity index (χ4v) is 8.01. The minimum atomic E-state index is -0.885. The van der Waals surface area contributed by atoms with Gasteiger partial charge in [0.05, 0.1) is 7.11 Å². The largest absolute Gasteiger partial charge is 0.497 e. The Hall–Kier alpha value is -4.96. The molecule has 0 bridgehead atoms. The lowest BCUT2D eigenvalue weighted by molar-refractivity contribution is 0.261. The van der Waals surface area contributed by atoms with Crippen LogP contribution in [0.25, 0.3) is 22.8 Å². The van der Waals surface area contributed by atoms with Crippen molar-refractivity contribution in [3.8, 4) is 28.5 Å². The summed E-state index contributed by atoms with van der Waals surface area (Å²) in [5.41, 5.74) is 3.65. The van der Waals surface area contributed by atoms with Crippen LogP contribution < -0.4 is 14.5 Å². The summed E-state index contributed by atoms with van der Waals surface area (Å²) in [6.45, 7) is 9.45. The molecule has 2 fully saturated rings. The first-order valence-corrected chi connectivity index (χ1v) is 20.1. The second-order valence-corrected chi connectivity index (χ2v) is 15.0. The summed E-state index contributed by atoms with van der Waals surface area (Å²) in [4.78, 5) is 18.4. The van der Waals surface area contributed by atoms with Gasteiger partial charge in [-0.2, -0.15) is 18.7 Å². The molecule has 292 valence electrons. The molecule has 4 heterocycles. The molecule has 0 spiro atoms. The number of hydrogen-bond acceptors (Lipinski definition) is 11. The topological polar surface area (TPSA) is 73.8 Å². The van der Waals surface area contributed by atoms with Gasteiger partial charge in [0.1, 0.15) is 5.75 Å². The van der Waals surface area contributed by atoms with Gasteiger partial charge in [0.25, 0.3) is 0 Å². The Bertz CT molecular complexity index is 2150. The van der Waals surface area contributed by atoms with Crippen LogP contribution in [0, 0.1) is 23.3 Å². The average molecular weight is 803 g/mol. The first kappa shape index (κ1) is 39.3. The number of benzene rings is 4. The molecule has 56 heavy (non-hydrogen) atoms. The van der Waals surface area contributed by atoms with E-state index in [1.807, 2.05) is 18.2 Å². The fourth-order valence-electron chi connectivity index (χ4n) is 6.53. The second-order valence-electron chi connectivity index (χ2n) is 13.5. The molecule has 2 aliphatic rings. The van der Waals surface area contributed by atoms with Crippen molar-refractivity contribution in [2.75, 3.05) is 82.4 Å². The molecular formula is C41H42F4N8OS2. The van der Waals surface area contributed by atoms with Crippen molar-refractivity contribution in [2.24, 2.45) is 0 Å². The van der Waals surface area contributed by atoms with Gasteiger partial charge in [-0.15, -0.1) is 0 Å².